The Morgan fingerprint density at radius 2 is 0.684 bits per heavy atom. The van der Waals surface area contributed by atoms with E-state index in [1.54, 1.807) is 15.6 Å². The average molecular weight is 569 g/mol. The molecule has 0 radical (unpaired) electrons. The summed E-state index contributed by atoms with van der Waals surface area (Å²) in [6.07, 6.45) is 0. The van der Waals surface area contributed by atoms with Crippen LogP contribution in [-0.2, 0) is 0 Å². The second kappa shape index (κ2) is 11.9. The summed E-state index contributed by atoms with van der Waals surface area (Å²) in [6.45, 7) is 25.1. The van der Waals surface area contributed by atoms with E-state index in [0.29, 0.717) is 0 Å². The molecule has 3 rings (SSSR count). The van der Waals surface area contributed by atoms with Crippen LogP contribution in [0.3, 0.4) is 0 Å². The molecule has 0 unspecified atom stereocenters. The van der Waals surface area contributed by atoms with Crippen molar-refractivity contribution in [3.63, 3.8) is 0 Å². The van der Waals surface area contributed by atoms with Crippen LogP contribution in [0.25, 0.3) is 15.6 Å². The third-order valence-electron chi connectivity index (χ3n) is 7.10. The third kappa shape index (κ3) is 8.12. The summed E-state index contributed by atoms with van der Waals surface area (Å²) in [7, 11) is -6.93. The Bertz CT molecular complexity index is 1290. The number of hydrogen-bond donors (Lipinski definition) is 0. The molecule has 3 aromatic carbocycles. The molecule has 0 N–H and O–H groups in total. The molecular weight excluding hydrogens is 521 g/mol. The summed E-state index contributed by atoms with van der Waals surface area (Å²) in [4.78, 5) is 0. The first kappa shape index (κ1) is 30.3. The van der Waals surface area contributed by atoms with Gasteiger partial charge in [0.15, 0.2) is 0 Å². The first-order chi connectivity index (χ1) is 17.6. The van der Waals surface area contributed by atoms with Crippen molar-refractivity contribution < 1.29 is 0 Å². The molecule has 0 spiro atoms. The lowest BCUT2D eigenvalue weighted by molar-refractivity contribution is 1.60. The minimum absolute atomic E-state index is 1.40. The number of hydrogen-bond acceptors (Lipinski definition) is 0. The molecule has 0 bridgehead atoms. The lowest BCUT2D eigenvalue weighted by atomic mass is 10.2. The van der Waals surface area contributed by atoms with Crippen LogP contribution >= 0.6 is 0 Å². The summed E-state index contributed by atoms with van der Waals surface area (Å²) < 4.78 is 0. The fraction of sp³-hybridized carbons (Fsp3) is 0.294. The van der Waals surface area contributed by atoms with E-state index < -0.39 is 32.3 Å². The van der Waals surface area contributed by atoms with Crippen molar-refractivity contribution in [2.24, 2.45) is 0 Å². The molecule has 0 saturated heterocycles. The average Bonchev–Trinajstić information content (AvgIpc) is 2.85. The zero-order chi connectivity index (χ0) is 28.2. The molecule has 3 aromatic rings. The maximum Gasteiger partial charge on any atom is 0.103 e. The van der Waals surface area contributed by atoms with Gasteiger partial charge in [-0.3, -0.25) is 0 Å². The van der Waals surface area contributed by atoms with E-state index in [-0.39, 0.29) is 0 Å². The van der Waals surface area contributed by atoms with Gasteiger partial charge in [-0.1, -0.05) is 189 Å². The van der Waals surface area contributed by atoms with Crippen LogP contribution in [0.2, 0.25) is 65.5 Å². The number of rotatable bonds is 9. The van der Waals surface area contributed by atoms with Crippen molar-refractivity contribution in [3.8, 4) is 0 Å². The Balaban J connectivity index is 2.24. The van der Waals surface area contributed by atoms with E-state index in [1.165, 1.54) is 16.7 Å². The highest BCUT2D eigenvalue weighted by Crippen LogP contribution is 2.36. The normalized spacial score (nSPS) is 14.5. The van der Waals surface area contributed by atoms with Crippen LogP contribution in [0.15, 0.2) is 108 Å². The highest BCUT2D eigenvalue weighted by Gasteiger charge is 2.32. The zero-order valence-corrected chi connectivity index (χ0v) is 29.4. The Morgan fingerprint density at radius 1 is 0.395 bits per heavy atom. The van der Waals surface area contributed by atoms with Crippen LogP contribution in [0.4, 0.5) is 0 Å². The molecule has 0 aliphatic heterocycles. The Hall–Kier alpha value is -2.25. The predicted molar refractivity (Wildman–Crippen MR) is 185 cm³/mol. The van der Waals surface area contributed by atoms with Crippen molar-refractivity contribution >= 4 is 47.9 Å². The highest BCUT2D eigenvalue weighted by atomic mass is 28.3. The van der Waals surface area contributed by atoms with E-state index in [2.05, 4.69) is 174 Å². The quantitative estimate of drug-likeness (QED) is 0.225. The van der Waals surface area contributed by atoms with E-state index in [9.17, 15) is 0 Å². The van der Waals surface area contributed by atoms with Gasteiger partial charge < -0.3 is 0 Å². The van der Waals surface area contributed by atoms with Gasteiger partial charge in [-0.2, -0.15) is 0 Å². The van der Waals surface area contributed by atoms with Crippen molar-refractivity contribution in [1.29, 1.82) is 0 Å². The van der Waals surface area contributed by atoms with Crippen LogP contribution in [0.1, 0.15) is 16.7 Å². The highest BCUT2D eigenvalue weighted by molar-refractivity contribution is 7.05. The molecule has 0 heterocycles. The van der Waals surface area contributed by atoms with Crippen LogP contribution in [0, 0.1) is 0 Å². The molecule has 0 nitrogen and oxygen atoms in total. The van der Waals surface area contributed by atoms with Crippen LogP contribution in [-0.4, -0.2) is 32.3 Å². The minimum Gasteiger partial charge on any atom is -0.0909 e. The largest absolute Gasteiger partial charge is 0.103 e. The standard InChI is InChI=1S/C34H48Si4/c1-35(2,3)32(29-20-14-11-15-21-29)26-37(7,8)27-34(31-24-18-13-19-25-31)38(9,10)28-33(36(4,5)6)30-22-16-12-17-23-30/h11-28H,1-10H3/b32-26+,33-28+,34-27+. The topological polar surface area (TPSA) is 0 Å². The van der Waals surface area contributed by atoms with Gasteiger partial charge in [-0.25, -0.2) is 0 Å². The molecule has 38 heavy (non-hydrogen) atoms. The molecule has 0 amide bonds. The monoisotopic (exact) mass is 568 g/mol. The Morgan fingerprint density at radius 3 is 1.03 bits per heavy atom. The minimum atomic E-state index is -1.96. The van der Waals surface area contributed by atoms with E-state index in [4.69, 9.17) is 0 Å². The predicted octanol–water partition coefficient (Wildman–Crippen LogP) is 10.6. The molecule has 4 heteroatoms. The van der Waals surface area contributed by atoms with Gasteiger partial charge in [-0.05, 0) is 16.7 Å². The van der Waals surface area contributed by atoms with Crippen molar-refractivity contribution in [3.05, 3.63) is 125 Å². The van der Waals surface area contributed by atoms with Crippen molar-refractivity contribution in [2.45, 2.75) is 65.5 Å². The summed E-state index contributed by atoms with van der Waals surface area (Å²) in [5.74, 6) is 0. The first-order valence-electron chi connectivity index (χ1n) is 14.0. The van der Waals surface area contributed by atoms with Gasteiger partial charge in [0.25, 0.3) is 0 Å². The molecular formula is C34H48Si4. The summed E-state index contributed by atoms with van der Waals surface area (Å²) >= 11 is 0. The van der Waals surface area contributed by atoms with E-state index in [0.717, 1.165) is 0 Å². The fourth-order valence-corrected chi connectivity index (χ4v) is 19.4. The smallest absolute Gasteiger partial charge is 0.0909 e. The van der Waals surface area contributed by atoms with Gasteiger partial charge in [0.1, 0.15) is 8.07 Å². The third-order valence-corrected chi connectivity index (χ3v) is 17.0. The van der Waals surface area contributed by atoms with Gasteiger partial charge in [-0.15, -0.1) is 0 Å². The zero-order valence-electron chi connectivity index (χ0n) is 25.4. The van der Waals surface area contributed by atoms with Gasteiger partial charge in [0.2, 0.25) is 0 Å². The van der Waals surface area contributed by atoms with Gasteiger partial charge in [0.05, 0.1) is 24.2 Å². The Labute approximate surface area is 237 Å². The van der Waals surface area contributed by atoms with Crippen LogP contribution in [0.5, 0.6) is 0 Å². The summed E-state index contributed by atoms with van der Waals surface area (Å²) in [6, 6.07) is 33.4. The van der Waals surface area contributed by atoms with E-state index >= 15 is 0 Å². The molecule has 0 saturated carbocycles. The van der Waals surface area contributed by atoms with Gasteiger partial charge >= 0.3 is 0 Å². The fourth-order valence-electron chi connectivity index (χ4n) is 5.18. The summed E-state index contributed by atoms with van der Waals surface area (Å²) in [5, 5.41) is 4.78. The van der Waals surface area contributed by atoms with Gasteiger partial charge in [0, 0.05) is 0 Å². The second-order valence-electron chi connectivity index (χ2n) is 13.8. The molecule has 0 aliphatic carbocycles. The lowest BCUT2D eigenvalue weighted by Gasteiger charge is -2.32. The molecule has 0 atom stereocenters. The SMILES string of the molecule is C[Si](C)(/C=C(\c1ccccc1)[Si](C)(C)C)/C=C(\c1ccccc1)[Si](C)(C)/C=C(\c1ccccc1)[Si](C)(C)C. The van der Waals surface area contributed by atoms with Crippen LogP contribution < -0.4 is 0 Å². The maximum absolute atomic E-state index is 2.74. The van der Waals surface area contributed by atoms with Crippen molar-refractivity contribution in [1.82, 2.24) is 0 Å². The number of benzene rings is 3. The first-order valence-corrected chi connectivity index (χ1v) is 27.2. The Kier molecular flexibility index (Phi) is 9.46. The molecule has 0 aliphatic rings. The molecule has 0 aromatic heterocycles. The lowest BCUT2D eigenvalue weighted by Crippen LogP contribution is -2.34. The second-order valence-corrected chi connectivity index (χ2v) is 32.4. The maximum atomic E-state index is 2.74. The molecule has 0 fully saturated rings. The molecule has 200 valence electrons. The van der Waals surface area contributed by atoms with Crippen molar-refractivity contribution in [2.75, 3.05) is 0 Å². The van der Waals surface area contributed by atoms with E-state index in [1.807, 2.05) is 0 Å². The summed E-state index contributed by atoms with van der Waals surface area (Å²) in [5.41, 5.74) is 12.4.